The normalized spacial score (nSPS) is 12.9. The van der Waals surface area contributed by atoms with Gasteiger partial charge in [0, 0.05) is 22.1 Å². The second kappa shape index (κ2) is 5.43. The Balaban J connectivity index is 2.08. The van der Waals surface area contributed by atoms with E-state index < -0.39 is 0 Å². The molecule has 1 aliphatic rings. The Morgan fingerprint density at radius 1 is 0.960 bits per heavy atom. The first-order valence-electron chi connectivity index (χ1n) is 7.72. The average molecular weight is 334 g/mol. The largest absolute Gasteiger partial charge is 0.507 e. The minimum Gasteiger partial charge on any atom is -0.507 e. The molecule has 0 atom stereocenters. The van der Waals surface area contributed by atoms with Crippen molar-refractivity contribution in [2.75, 3.05) is 7.11 Å². The van der Waals surface area contributed by atoms with Crippen LogP contribution < -0.4 is 4.74 Å². The molecule has 124 valence electrons. The first kappa shape index (κ1) is 15.4. The molecule has 0 unspecified atom stereocenters. The summed E-state index contributed by atoms with van der Waals surface area (Å²) in [4.78, 5) is 26.0. The Kier molecular flexibility index (Phi) is 3.33. The van der Waals surface area contributed by atoms with Crippen LogP contribution >= 0.6 is 0 Å². The molecule has 0 aromatic heterocycles. The van der Waals surface area contributed by atoms with Crippen molar-refractivity contribution in [3.05, 3.63) is 70.3 Å². The van der Waals surface area contributed by atoms with Crippen molar-refractivity contribution in [3.63, 3.8) is 0 Å². The van der Waals surface area contributed by atoms with E-state index in [0.717, 1.165) is 0 Å². The van der Waals surface area contributed by atoms with Crippen molar-refractivity contribution in [2.45, 2.75) is 6.61 Å². The van der Waals surface area contributed by atoms with Gasteiger partial charge in [0.15, 0.2) is 11.6 Å². The van der Waals surface area contributed by atoms with E-state index in [4.69, 9.17) is 4.74 Å². The fourth-order valence-corrected chi connectivity index (χ4v) is 3.41. The number of rotatable bonds is 2. The predicted molar refractivity (Wildman–Crippen MR) is 91.4 cm³/mol. The summed E-state index contributed by atoms with van der Waals surface area (Å²) >= 11 is 0. The van der Waals surface area contributed by atoms with Crippen LogP contribution in [0.4, 0.5) is 0 Å². The standard InChI is InChI=1S/C20H14O5/c1-25-15-4-2-3-12-17(15)19(23)13-6-5-11-7-10(9-21)8-14(22)16(11)18(13)20(12)24/h2-8,21-22H,9H2,1H3. The van der Waals surface area contributed by atoms with E-state index in [-0.39, 0.29) is 46.2 Å². The second-order valence-electron chi connectivity index (χ2n) is 5.90. The molecule has 0 aliphatic heterocycles. The lowest BCUT2D eigenvalue weighted by Crippen LogP contribution is -2.22. The van der Waals surface area contributed by atoms with Crippen LogP contribution in [-0.4, -0.2) is 28.9 Å². The lowest BCUT2D eigenvalue weighted by Gasteiger charge is -2.21. The maximum absolute atomic E-state index is 13.1. The van der Waals surface area contributed by atoms with Gasteiger partial charge in [-0.3, -0.25) is 9.59 Å². The van der Waals surface area contributed by atoms with E-state index in [1.54, 1.807) is 36.4 Å². The molecular formula is C20H14O5. The third-order valence-electron chi connectivity index (χ3n) is 4.53. The molecule has 0 heterocycles. The van der Waals surface area contributed by atoms with Crippen LogP contribution in [0.2, 0.25) is 0 Å². The van der Waals surface area contributed by atoms with Gasteiger partial charge in [-0.05, 0) is 35.2 Å². The minimum absolute atomic E-state index is 0.133. The van der Waals surface area contributed by atoms with Crippen LogP contribution in [0.1, 0.15) is 37.4 Å². The molecule has 0 amide bonds. The smallest absolute Gasteiger partial charge is 0.198 e. The Bertz CT molecular complexity index is 1070. The molecule has 0 bridgehead atoms. The molecule has 0 fully saturated rings. The van der Waals surface area contributed by atoms with E-state index in [2.05, 4.69) is 0 Å². The molecule has 0 radical (unpaired) electrons. The summed E-state index contributed by atoms with van der Waals surface area (Å²) in [5.41, 5.74) is 1.46. The van der Waals surface area contributed by atoms with Gasteiger partial charge in [0.2, 0.25) is 0 Å². The highest BCUT2D eigenvalue weighted by Gasteiger charge is 2.34. The number of carbonyl (C=O) groups excluding carboxylic acids is 2. The van der Waals surface area contributed by atoms with Gasteiger partial charge in [0.05, 0.1) is 19.3 Å². The van der Waals surface area contributed by atoms with E-state index in [1.165, 1.54) is 13.2 Å². The Morgan fingerprint density at radius 2 is 1.68 bits per heavy atom. The van der Waals surface area contributed by atoms with Crippen LogP contribution in [0.15, 0.2) is 42.5 Å². The number of phenolic OH excluding ortho intramolecular Hbond substituents is 1. The molecule has 4 rings (SSSR count). The number of hydrogen-bond acceptors (Lipinski definition) is 5. The van der Waals surface area contributed by atoms with Gasteiger partial charge in [-0.1, -0.05) is 18.2 Å². The predicted octanol–water partition coefficient (Wildman–Crippen LogP) is 2.82. The summed E-state index contributed by atoms with van der Waals surface area (Å²) in [5.74, 6) is -0.428. The SMILES string of the molecule is COc1cccc2c1C(=O)c1ccc3cc(CO)cc(O)c3c1C2=O. The lowest BCUT2D eigenvalue weighted by molar-refractivity contribution is 0.0977. The molecule has 5 nitrogen and oxygen atoms in total. The van der Waals surface area contributed by atoms with Crippen molar-refractivity contribution in [1.29, 1.82) is 0 Å². The van der Waals surface area contributed by atoms with E-state index in [0.29, 0.717) is 22.1 Å². The summed E-state index contributed by atoms with van der Waals surface area (Å²) < 4.78 is 5.24. The zero-order valence-corrected chi connectivity index (χ0v) is 13.4. The van der Waals surface area contributed by atoms with Crippen molar-refractivity contribution in [3.8, 4) is 11.5 Å². The number of methoxy groups -OCH3 is 1. The molecule has 1 aliphatic carbocycles. The van der Waals surface area contributed by atoms with E-state index in [1.807, 2.05) is 0 Å². The molecule has 3 aromatic rings. The summed E-state index contributed by atoms with van der Waals surface area (Å²) in [6.07, 6.45) is 0. The molecule has 5 heteroatoms. The van der Waals surface area contributed by atoms with Crippen LogP contribution in [0.3, 0.4) is 0 Å². The summed E-state index contributed by atoms with van der Waals surface area (Å²) in [6, 6.07) is 11.2. The number of phenols is 1. The number of benzene rings is 3. The Hall–Kier alpha value is -3.18. The van der Waals surface area contributed by atoms with Gasteiger partial charge >= 0.3 is 0 Å². The number of aromatic hydroxyl groups is 1. The van der Waals surface area contributed by atoms with Crippen molar-refractivity contribution in [1.82, 2.24) is 0 Å². The average Bonchev–Trinajstić information content (AvgIpc) is 2.64. The van der Waals surface area contributed by atoms with Gasteiger partial charge < -0.3 is 14.9 Å². The minimum atomic E-state index is -0.332. The molecule has 0 saturated carbocycles. The summed E-state index contributed by atoms with van der Waals surface area (Å²) in [6.45, 7) is -0.229. The number of fused-ring (bicyclic) bond motifs is 4. The van der Waals surface area contributed by atoms with Gasteiger partial charge in [-0.25, -0.2) is 0 Å². The van der Waals surface area contributed by atoms with E-state index in [9.17, 15) is 19.8 Å². The van der Waals surface area contributed by atoms with Gasteiger partial charge in [-0.15, -0.1) is 0 Å². The number of aliphatic hydroxyl groups excluding tert-OH is 1. The number of aliphatic hydroxyl groups is 1. The van der Waals surface area contributed by atoms with Gasteiger partial charge in [-0.2, -0.15) is 0 Å². The Morgan fingerprint density at radius 3 is 2.40 bits per heavy atom. The highest BCUT2D eigenvalue weighted by atomic mass is 16.5. The van der Waals surface area contributed by atoms with Crippen LogP contribution in [0, 0.1) is 0 Å². The number of hydrogen-bond donors (Lipinski definition) is 2. The molecule has 2 N–H and O–H groups in total. The number of ketones is 2. The molecule has 3 aromatic carbocycles. The van der Waals surface area contributed by atoms with E-state index >= 15 is 0 Å². The van der Waals surface area contributed by atoms with Crippen LogP contribution in [0.25, 0.3) is 10.8 Å². The first-order valence-corrected chi connectivity index (χ1v) is 7.72. The Labute approximate surface area is 143 Å². The quantitative estimate of drug-likeness (QED) is 0.589. The monoisotopic (exact) mass is 334 g/mol. The second-order valence-corrected chi connectivity index (χ2v) is 5.90. The summed E-state index contributed by atoms with van der Waals surface area (Å²) in [7, 11) is 1.45. The fourth-order valence-electron chi connectivity index (χ4n) is 3.41. The molecular weight excluding hydrogens is 320 g/mol. The molecule has 25 heavy (non-hydrogen) atoms. The summed E-state index contributed by atoms with van der Waals surface area (Å²) in [5, 5.41) is 20.6. The van der Waals surface area contributed by atoms with Crippen molar-refractivity contribution < 1.29 is 24.5 Å². The van der Waals surface area contributed by atoms with Gasteiger partial charge in [0.1, 0.15) is 11.5 Å². The number of ether oxygens (including phenoxy) is 1. The highest BCUT2D eigenvalue weighted by Crippen LogP contribution is 2.39. The maximum Gasteiger partial charge on any atom is 0.198 e. The fraction of sp³-hybridized carbons (Fsp3) is 0.100. The third-order valence-corrected chi connectivity index (χ3v) is 4.53. The molecule has 0 saturated heterocycles. The third kappa shape index (κ3) is 2.06. The maximum atomic E-state index is 13.1. The van der Waals surface area contributed by atoms with Crippen molar-refractivity contribution in [2.24, 2.45) is 0 Å². The van der Waals surface area contributed by atoms with Gasteiger partial charge in [0.25, 0.3) is 0 Å². The first-order chi connectivity index (χ1) is 12.1. The van der Waals surface area contributed by atoms with Crippen molar-refractivity contribution >= 4 is 22.3 Å². The highest BCUT2D eigenvalue weighted by molar-refractivity contribution is 6.33. The van der Waals surface area contributed by atoms with Crippen LogP contribution in [-0.2, 0) is 6.61 Å². The lowest BCUT2D eigenvalue weighted by atomic mass is 9.81. The number of carbonyl (C=O) groups is 2. The van der Waals surface area contributed by atoms with Crippen LogP contribution in [0.5, 0.6) is 11.5 Å². The topological polar surface area (TPSA) is 83.8 Å². The molecule has 0 spiro atoms. The zero-order valence-electron chi connectivity index (χ0n) is 13.4. The zero-order chi connectivity index (χ0) is 17.7.